The molecule has 2 aromatic carbocycles. The van der Waals surface area contributed by atoms with Gasteiger partial charge in [-0.15, -0.1) is 0 Å². The van der Waals surface area contributed by atoms with Crippen LogP contribution in [0.1, 0.15) is 20.9 Å². The lowest BCUT2D eigenvalue weighted by atomic mass is 10.1. The van der Waals surface area contributed by atoms with Crippen LogP contribution in [0.3, 0.4) is 0 Å². The molecule has 142 valence electrons. The number of nitrogens with one attached hydrogen (secondary N) is 2. The van der Waals surface area contributed by atoms with E-state index < -0.39 is 16.7 Å². The van der Waals surface area contributed by atoms with Crippen molar-refractivity contribution in [2.24, 2.45) is 0 Å². The second kappa shape index (κ2) is 8.04. The topological polar surface area (TPSA) is 124 Å². The molecule has 3 aromatic rings. The van der Waals surface area contributed by atoms with E-state index in [2.05, 4.69) is 10.6 Å². The van der Waals surface area contributed by atoms with Gasteiger partial charge in [0.2, 0.25) is 0 Å². The van der Waals surface area contributed by atoms with E-state index in [-0.39, 0.29) is 17.0 Å². The lowest BCUT2D eigenvalue weighted by Gasteiger charge is -2.12. The smallest absolute Gasteiger partial charge is 0.291 e. The molecule has 28 heavy (non-hydrogen) atoms. The lowest BCUT2D eigenvalue weighted by molar-refractivity contribution is -0.385. The van der Waals surface area contributed by atoms with Gasteiger partial charge in [-0.25, -0.2) is 0 Å². The third kappa shape index (κ3) is 3.98. The number of carbonyl (C=O) groups is 2. The van der Waals surface area contributed by atoms with Gasteiger partial charge in [-0.1, -0.05) is 12.1 Å². The number of anilines is 2. The van der Waals surface area contributed by atoms with Crippen LogP contribution in [0.2, 0.25) is 0 Å². The minimum atomic E-state index is -0.637. The fourth-order valence-electron chi connectivity index (χ4n) is 2.49. The van der Waals surface area contributed by atoms with Crippen LogP contribution in [0.4, 0.5) is 17.1 Å². The molecule has 0 saturated heterocycles. The summed E-state index contributed by atoms with van der Waals surface area (Å²) in [5, 5.41) is 16.3. The summed E-state index contributed by atoms with van der Waals surface area (Å²) in [6.07, 6.45) is 1.38. The summed E-state index contributed by atoms with van der Waals surface area (Å²) >= 11 is 0. The first-order valence-corrected chi connectivity index (χ1v) is 8.07. The minimum absolute atomic E-state index is 0.0679. The fraction of sp³-hybridized carbons (Fsp3) is 0.0526. The molecule has 0 fully saturated rings. The summed E-state index contributed by atoms with van der Waals surface area (Å²) in [7, 11) is 1.41. The first kappa shape index (κ1) is 18.6. The monoisotopic (exact) mass is 381 g/mol. The molecule has 2 N–H and O–H groups in total. The molecule has 0 aliphatic rings. The Balaban J connectivity index is 1.80. The molecule has 0 atom stereocenters. The van der Waals surface area contributed by atoms with Crippen LogP contribution < -0.4 is 15.4 Å². The molecular formula is C19H15N3O6. The second-order valence-corrected chi connectivity index (χ2v) is 5.57. The van der Waals surface area contributed by atoms with Gasteiger partial charge in [0.05, 0.1) is 24.0 Å². The van der Waals surface area contributed by atoms with Gasteiger partial charge in [0.25, 0.3) is 17.5 Å². The molecule has 0 unspecified atom stereocenters. The maximum atomic E-state index is 12.4. The van der Waals surface area contributed by atoms with Crippen molar-refractivity contribution >= 4 is 28.9 Å². The van der Waals surface area contributed by atoms with Gasteiger partial charge in [0, 0.05) is 17.8 Å². The number of methoxy groups -OCH3 is 1. The van der Waals surface area contributed by atoms with E-state index in [1.807, 2.05) is 0 Å². The predicted octanol–water partition coefficient (Wildman–Crippen LogP) is 3.70. The number of nitro benzene ring substituents is 1. The van der Waals surface area contributed by atoms with Crippen molar-refractivity contribution in [2.45, 2.75) is 0 Å². The van der Waals surface area contributed by atoms with Crippen molar-refractivity contribution in [3.63, 3.8) is 0 Å². The van der Waals surface area contributed by atoms with E-state index in [9.17, 15) is 19.7 Å². The van der Waals surface area contributed by atoms with Crippen molar-refractivity contribution in [3.8, 4) is 5.75 Å². The molecule has 0 saturated carbocycles. The van der Waals surface area contributed by atoms with Crippen molar-refractivity contribution in [1.82, 2.24) is 0 Å². The molecule has 1 heterocycles. The Labute approximate surface area is 159 Å². The number of nitro groups is 1. The van der Waals surface area contributed by atoms with Gasteiger partial charge in [0.1, 0.15) is 11.3 Å². The molecule has 0 bridgehead atoms. The van der Waals surface area contributed by atoms with Crippen LogP contribution in [-0.4, -0.2) is 23.8 Å². The number of hydrogen-bond acceptors (Lipinski definition) is 6. The highest BCUT2D eigenvalue weighted by molar-refractivity contribution is 6.07. The predicted molar refractivity (Wildman–Crippen MR) is 101 cm³/mol. The number of nitrogens with zero attached hydrogens (tertiary/aromatic N) is 1. The number of furan rings is 1. The van der Waals surface area contributed by atoms with E-state index in [0.29, 0.717) is 17.1 Å². The van der Waals surface area contributed by atoms with Crippen LogP contribution in [0.25, 0.3) is 0 Å². The zero-order chi connectivity index (χ0) is 20.1. The van der Waals surface area contributed by atoms with Gasteiger partial charge < -0.3 is 19.8 Å². The number of para-hydroxylation sites is 1. The summed E-state index contributed by atoms with van der Waals surface area (Å²) in [4.78, 5) is 35.0. The van der Waals surface area contributed by atoms with Gasteiger partial charge in [-0.2, -0.15) is 0 Å². The fourth-order valence-corrected chi connectivity index (χ4v) is 2.49. The molecule has 2 amide bonds. The summed E-state index contributed by atoms with van der Waals surface area (Å²) in [6.45, 7) is 0. The van der Waals surface area contributed by atoms with Crippen LogP contribution in [0.5, 0.6) is 5.75 Å². The molecule has 0 aliphatic heterocycles. The highest BCUT2D eigenvalue weighted by Crippen LogP contribution is 2.29. The summed E-state index contributed by atoms with van der Waals surface area (Å²) in [6, 6.07) is 13.3. The molecule has 9 heteroatoms. The number of benzene rings is 2. The highest BCUT2D eigenvalue weighted by Gasteiger charge is 2.20. The van der Waals surface area contributed by atoms with E-state index >= 15 is 0 Å². The van der Waals surface area contributed by atoms with Gasteiger partial charge >= 0.3 is 0 Å². The molecule has 3 rings (SSSR count). The first-order chi connectivity index (χ1) is 13.5. The molecule has 1 aromatic heterocycles. The highest BCUT2D eigenvalue weighted by atomic mass is 16.6. The van der Waals surface area contributed by atoms with Crippen molar-refractivity contribution in [2.75, 3.05) is 17.7 Å². The maximum absolute atomic E-state index is 12.4. The van der Waals surface area contributed by atoms with E-state index in [0.717, 1.165) is 0 Å². The number of rotatable bonds is 6. The normalized spacial score (nSPS) is 10.2. The SMILES string of the molecule is COc1cc(NC(=O)c2ccccc2[N+](=O)[O-])ccc1NC(=O)c1ccco1. The van der Waals surface area contributed by atoms with Gasteiger partial charge in [-0.05, 0) is 30.3 Å². The van der Waals surface area contributed by atoms with Crippen molar-refractivity contribution < 1.29 is 23.7 Å². The molecule has 9 nitrogen and oxygen atoms in total. The average Bonchev–Trinajstić information content (AvgIpc) is 3.24. The summed E-state index contributed by atoms with van der Waals surface area (Å²) in [5.41, 5.74) is 0.347. The third-order valence-electron chi connectivity index (χ3n) is 3.80. The van der Waals surface area contributed by atoms with Crippen LogP contribution >= 0.6 is 0 Å². The second-order valence-electron chi connectivity index (χ2n) is 5.57. The maximum Gasteiger partial charge on any atom is 0.291 e. The van der Waals surface area contributed by atoms with E-state index in [4.69, 9.17) is 9.15 Å². The number of carbonyl (C=O) groups excluding carboxylic acids is 2. The summed E-state index contributed by atoms with van der Waals surface area (Å²) in [5.74, 6) is -0.669. The van der Waals surface area contributed by atoms with Crippen LogP contribution in [0.15, 0.2) is 65.3 Å². The van der Waals surface area contributed by atoms with Gasteiger partial charge in [-0.3, -0.25) is 19.7 Å². The quantitative estimate of drug-likeness (QED) is 0.496. The Morgan fingerprint density at radius 3 is 2.50 bits per heavy atom. The average molecular weight is 381 g/mol. The Kier molecular flexibility index (Phi) is 5.35. The number of hydrogen-bond donors (Lipinski definition) is 2. The Bertz CT molecular complexity index is 1030. The third-order valence-corrected chi connectivity index (χ3v) is 3.80. The zero-order valence-corrected chi connectivity index (χ0v) is 14.7. The Morgan fingerprint density at radius 2 is 1.82 bits per heavy atom. The van der Waals surface area contributed by atoms with Crippen LogP contribution in [0, 0.1) is 10.1 Å². The van der Waals surface area contributed by atoms with Crippen LogP contribution in [-0.2, 0) is 0 Å². The van der Waals surface area contributed by atoms with Crippen molar-refractivity contribution in [1.29, 1.82) is 0 Å². The van der Waals surface area contributed by atoms with Crippen molar-refractivity contribution in [3.05, 3.63) is 82.3 Å². The van der Waals surface area contributed by atoms with E-state index in [1.165, 1.54) is 61.9 Å². The number of ether oxygens (including phenoxy) is 1. The molecule has 0 aliphatic carbocycles. The zero-order valence-electron chi connectivity index (χ0n) is 14.7. The van der Waals surface area contributed by atoms with Gasteiger partial charge in [0.15, 0.2) is 5.76 Å². The largest absolute Gasteiger partial charge is 0.494 e. The standard InChI is InChI=1S/C19H15N3O6/c1-27-17-11-12(8-9-14(17)21-19(24)16-7-4-10-28-16)20-18(23)13-5-2-3-6-15(13)22(25)26/h2-11H,1H3,(H,20,23)(H,21,24). The summed E-state index contributed by atoms with van der Waals surface area (Å²) < 4.78 is 10.3. The molecular weight excluding hydrogens is 366 g/mol. The first-order valence-electron chi connectivity index (χ1n) is 8.07. The number of amides is 2. The van der Waals surface area contributed by atoms with E-state index in [1.54, 1.807) is 6.07 Å². The Morgan fingerprint density at radius 1 is 1.04 bits per heavy atom. The molecule has 0 radical (unpaired) electrons. The Hall–Kier alpha value is -4.14. The lowest BCUT2D eigenvalue weighted by Crippen LogP contribution is -2.15. The minimum Gasteiger partial charge on any atom is -0.494 e. The molecule has 0 spiro atoms.